The van der Waals surface area contributed by atoms with Crippen LogP contribution in [0, 0.1) is 5.92 Å². The lowest BCUT2D eigenvalue weighted by Crippen LogP contribution is -2.31. The smallest absolute Gasteiger partial charge is 0.326 e. The summed E-state index contributed by atoms with van der Waals surface area (Å²) in [4.78, 5) is 7.57. The van der Waals surface area contributed by atoms with Gasteiger partial charge in [0.25, 0.3) is 0 Å². The molecule has 1 aliphatic rings. The monoisotopic (exact) mass is 593 g/mol. The van der Waals surface area contributed by atoms with E-state index in [2.05, 4.69) is 40.7 Å². The van der Waals surface area contributed by atoms with Crippen LogP contribution >= 0.6 is 11.6 Å². The SMILES string of the molecule is CCCCn1c(-c2ccccc2)nc(-c2ccccc2)c1CN(Cc1ccc(Cl)c(C(F)(F)F)c1)CC1CCCCC1. The second-order valence-corrected chi connectivity index (χ2v) is 11.9. The van der Waals surface area contributed by atoms with Gasteiger partial charge in [0.2, 0.25) is 0 Å². The van der Waals surface area contributed by atoms with E-state index < -0.39 is 11.7 Å². The molecule has 1 fully saturated rings. The lowest BCUT2D eigenvalue weighted by molar-refractivity contribution is -0.137. The average Bonchev–Trinajstić information content (AvgIpc) is 3.35. The number of imidazole rings is 1. The van der Waals surface area contributed by atoms with Crippen LogP contribution in [0.15, 0.2) is 78.9 Å². The van der Waals surface area contributed by atoms with Crippen molar-refractivity contribution in [1.29, 1.82) is 0 Å². The fourth-order valence-electron chi connectivity index (χ4n) is 6.12. The Labute approximate surface area is 252 Å². The molecule has 0 amide bonds. The Kier molecular flexibility index (Phi) is 10.1. The number of halogens is 4. The first-order valence-corrected chi connectivity index (χ1v) is 15.5. The molecular weight excluding hydrogens is 555 g/mol. The molecule has 0 unspecified atom stereocenters. The number of benzene rings is 3. The van der Waals surface area contributed by atoms with Gasteiger partial charge in [0, 0.05) is 37.3 Å². The number of alkyl halides is 3. The number of nitrogens with zero attached hydrogens (tertiary/aromatic N) is 3. The molecule has 0 aliphatic heterocycles. The third kappa shape index (κ3) is 7.45. The van der Waals surface area contributed by atoms with Crippen molar-refractivity contribution >= 4 is 11.6 Å². The van der Waals surface area contributed by atoms with Gasteiger partial charge in [-0.1, -0.05) is 111 Å². The predicted molar refractivity (Wildman–Crippen MR) is 165 cm³/mol. The van der Waals surface area contributed by atoms with Crippen LogP contribution in [-0.2, 0) is 25.8 Å². The number of hydrogen-bond donors (Lipinski definition) is 0. The Hall–Kier alpha value is -3.09. The maximum atomic E-state index is 13.8. The minimum atomic E-state index is -4.49. The lowest BCUT2D eigenvalue weighted by Gasteiger charge is -2.30. The summed E-state index contributed by atoms with van der Waals surface area (Å²) in [5, 5.41) is -0.262. The quantitative estimate of drug-likeness (QED) is 0.172. The van der Waals surface area contributed by atoms with Gasteiger partial charge in [0.15, 0.2) is 0 Å². The van der Waals surface area contributed by atoms with Crippen LogP contribution in [0.25, 0.3) is 22.6 Å². The fraction of sp³-hybridized carbons (Fsp3) is 0.400. The highest BCUT2D eigenvalue weighted by Crippen LogP contribution is 2.36. The molecular formula is C35H39ClF3N3. The summed E-state index contributed by atoms with van der Waals surface area (Å²) in [7, 11) is 0. The number of unbranched alkanes of at least 4 members (excludes halogenated alkanes) is 1. The summed E-state index contributed by atoms with van der Waals surface area (Å²) in [6.07, 6.45) is 3.53. The standard InChI is InChI=1S/C35H39ClF3N3/c1-2-3-21-42-32(33(28-15-9-5-10-16-28)40-34(42)29-17-11-6-12-18-29)25-41(23-26-13-7-4-8-14-26)24-27-19-20-31(36)30(22-27)35(37,38)39/h5-6,9-12,15-20,22,26H,2-4,7-8,13-14,21,23-25H2,1H3. The molecule has 0 atom stereocenters. The van der Waals surface area contributed by atoms with Crippen LogP contribution in [0.4, 0.5) is 13.2 Å². The van der Waals surface area contributed by atoms with Gasteiger partial charge in [0.1, 0.15) is 5.82 Å². The van der Waals surface area contributed by atoms with Crippen molar-refractivity contribution in [3.63, 3.8) is 0 Å². The zero-order valence-electron chi connectivity index (χ0n) is 24.2. The first-order valence-electron chi connectivity index (χ1n) is 15.1. The summed E-state index contributed by atoms with van der Waals surface area (Å²) in [6.45, 7) is 4.84. The van der Waals surface area contributed by atoms with Crippen LogP contribution < -0.4 is 0 Å². The van der Waals surface area contributed by atoms with Crippen molar-refractivity contribution in [3.8, 4) is 22.6 Å². The van der Waals surface area contributed by atoms with E-state index in [0.29, 0.717) is 24.6 Å². The van der Waals surface area contributed by atoms with Crippen LogP contribution in [0.5, 0.6) is 0 Å². The first-order chi connectivity index (χ1) is 20.3. The molecule has 1 aromatic heterocycles. The maximum Gasteiger partial charge on any atom is 0.417 e. The van der Waals surface area contributed by atoms with Gasteiger partial charge in [-0.25, -0.2) is 4.98 Å². The third-order valence-electron chi connectivity index (χ3n) is 8.24. The van der Waals surface area contributed by atoms with Crippen molar-refractivity contribution in [2.45, 2.75) is 77.7 Å². The summed E-state index contributed by atoms with van der Waals surface area (Å²) >= 11 is 5.98. The van der Waals surface area contributed by atoms with E-state index >= 15 is 0 Å². The lowest BCUT2D eigenvalue weighted by atomic mass is 9.88. The Bertz CT molecular complexity index is 1430. The molecule has 42 heavy (non-hydrogen) atoms. The largest absolute Gasteiger partial charge is 0.417 e. The van der Waals surface area contributed by atoms with E-state index in [1.165, 1.54) is 31.4 Å². The van der Waals surface area contributed by atoms with Gasteiger partial charge < -0.3 is 4.57 Å². The normalized spacial score (nSPS) is 14.5. The van der Waals surface area contributed by atoms with Crippen LogP contribution in [0.3, 0.4) is 0 Å². The minimum absolute atomic E-state index is 0.262. The number of aromatic nitrogens is 2. The summed E-state index contributed by atoms with van der Waals surface area (Å²) in [6, 6.07) is 24.8. The topological polar surface area (TPSA) is 21.1 Å². The van der Waals surface area contributed by atoms with Crippen molar-refractivity contribution in [2.24, 2.45) is 5.92 Å². The molecule has 4 aromatic rings. The highest BCUT2D eigenvalue weighted by Gasteiger charge is 2.33. The van der Waals surface area contributed by atoms with Crippen LogP contribution in [0.2, 0.25) is 5.02 Å². The summed E-state index contributed by atoms with van der Waals surface area (Å²) < 4.78 is 43.6. The molecule has 0 radical (unpaired) electrons. The highest BCUT2D eigenvalue weighted by molar-refractivity contribution is 6.31. The second kappa shape index (κ2) is 13.9. The molecule has 222 valence electrons. The molecule has 3 aromatic carbocycles. The molecule has 5 rings (SSSR count). The Morgan fingerprint density at radius 1 is 0.881 bits per heavy atom. The van der Waals surface area contributed by atoms with Crippen molar-refractivity contribution < 1.29 is 13.2 Å². The van der Waals surface area contributed by atoms with Gasteiger partial charge in [-0.2, -0.15) is 13.2 Å². The molecule has 0 spiro atoms. The van der Waals surface area contributed by atoms with E-state index in [0.717, 1.165) is 67.1 Å². The van der Waals surface area contributed by atoms with Crippen molar-refractivity contribution in [2.75, 3.05) is 6.54 Å². The number of hydrogen-bond acceptors (Lipinski definition) is 2. The third-order valence-corrected chi connectivity index (χ3v) is 8.57. The average molecular weight is 594 g/mol. The fourth-order valence-corrected chi connectivity index (χ4v) is 6.34. The summed E-state index contributed by atoms with van der Waals surface area (Å²) in [5.41, 5.74) is 3.99. The molecule has 1 saturated carbocycles. The Morgan fingerprint density at radius 2 is 1.55 bits per heavy atom. The van der Waals surface area contributed by atoms with Gasteiger partial charge in [-0.15, -0.1) is 0 Å². The number of rotatable bonds is 11. The molecule has 0 N–H and O–H groups in total. The Balaban J connectivity index is 1.58. The molecule has 0 saturated heterocycles. The molecule has 1 aliphatic carbocycles. The first kappa shape index (κ1) is 30.4. The van der Waals surface area contributed by atoms with E-state index in [4.69, 9.17) is 16.6 Å². The van der Waals surface area contributed by atoms with E-state index in [1.807, 2.05) is 36.4 Å². The van der Waals surface area contributed by atoms with Gasteiger partial charge in [0.05, 0.1) is 22.0 Å². The second-order valence-electron chi connectivity index (χ2n) is 11.5. The molecule has 3 nitrogen and oxygen atoms in total. The minimum Gasteiger partial charge on any atom is -0.326 e. The zero-order chi connectivity index (χ0) is 29.5. The van der Waals surface area contributed by atoms with Gasteiger partial charge in [-0.3, -0.25) is 4.90 Å². The van der Waals surface area contributed by atoms with Gasteiger partial charge in [-0.05, 0) is 42.9 Å². The van der Waals surface area contributed by atoms with E-state index in [-0.39, 0.29) is 5.02 Å². The van der Waals surface area contributed by atoms with E-state index in [9.17, 15) is 13.2 Å². The highest BCUT2D eigenvalue weighted by atomic mass is 35.5. The van der Waals surface area contributed by atoms with Crippen LogP contribution in [-0.4, -0.2) is 21.0 Å². The summed E-state index contributed by atoms with van der Waals surface area (Å²) in [5.74, 6) is 1.45. The van der Waals surface area contributed by atoms with Crippen molar-refractivity contribution in [3.05, 3.63) is 101 Å². The van der Waals surface area contributed by atoms with Crippen LogP contribution in [0.1, 0.15) is 68.7 Å². The van der Waals surface area contributed by atoms with Gasteiger partial charge >= 0.3 is 6.18 Å². The molecule has 0 bridgehead atoms. The molecule has 7 heteroatoms. The molecule has 1 heterocycles. The maximum absolute atomic E-state index is 13.8. The Morgan fingerprint density at radius 3 is 2.19 bits per heavy atom. The van der Waals surface area contributed by atoms with Crippen molar-refractivity contribution in [1.82, 2.24) is 14.5 Å². The van der Waals surface area contributed by atoms with E-state index in [1.54, 1.807) is 6.07 Å². The predicted octanol–water partition coefficient (Wildman–Crippen LogP) is 10.3. The zero-order valence-corrected chi connectivity index (χ0v) is 25.0.